The van der Waals surface area contributed by atoms with Crippen molar-refractivity contribution in [2.24, 2.45) is 0 Å². The number of aromatic nitrogens is 2. The second-order valence-corrected chi connectivity index (χ2v) is 7.77. The summed E-state index contributed by atoms with van der Waals surface area (Å²) in [6.07, 6.45) is 0. The molecule has 4 rings (SSSR count). The zero-order chi connectivity index (χ0) is 22.7. The molecule has 0 aliphatic heterocycles. The molecule has 0 saturated heterocycles. The highest BCUT2D eigenvalue weighted by Gasteiger charge is 2.19. The van der Waals surface area contributed by atoms with E-state index in [4.69, 9.17) is 9.15 Å². The van der Waals surface area contributed by atoms with E-state index >= 15 is 0 Å². The lowest BCUT2D eigenvalue weighted by atomic mass is 10.2. The van der Waals surface area contributed by atoms with Crippen LogP contribution >= 0.6 is 11.8 Å². The molecule has 0 radical (unpaired) electrons. The van der Waals surface area contributed by atoms with Crippen molar-refractivity contribution in [1.82, 2.24) is 9.55 Å². The van der Waals surface area contributed by atoms with Crippen molar-refractivity contribution in [3.63, 3.8) is 0 Å². The predicted molar refractivity (Wildman–Crippen MR) is 123 cm³/mol. The highest BCUT2D eigenvalue weighted by Crippen LogP contribution is 2.27. The maximum absolute atomic E-state index is 12.9. The molecule has 2 heterocycles. The van der Waals surface area contributed by atoms with E-state index in [0.717, 1.165) is 17.1 Å². The van der Waals surface area contributed by atoms with Crippen molar-refractivity contribution in [1.29, 1.82) is 0 Å². The van der Waals surface area contributed by atoms with Crippen LogP contribution in [0.25, 0.3) is 22.1 Å². The Kier molecular flexibility index (Phi) is 6.27. The Morgan fingerprint density at radius 1 is 1.12 bits per heavy atom. The number of carbonyl (C=O) groups excluding carboxylic acids is 2. The standard InChI is InChI=1S/C23H21N3O5S/c1-3-26-21(28)20-19(15-10-6-8-12-17(15)31-20)25-23(26)32-13-18(27)24-16-11-7-5-9-14(16)22(29)30-4-2/h5-12H,3-4,13H2,1-2H3,(H,24,27). The number of hydrogen-bond donors (Lipinski definition) is 1. The number of carbonyl (C=O) groups is 2. The maximum Gasteiger partial charge on any atom is 0.340 e. The maximum atomic E-state index is 12.9. The molecule has 164 valence electrons. The number of esters is 1. The number of anilines is 1. The van der Waals surface area contributed by atoms with E-state index in [-0.39, 0.29) is 35.0 Å². The number of benzene rings is 2. The van der Waals surface area contributed by atoms with Gasteiger partial charge in [-0.15, -0.1) is 0 Å². The van der Waals surface area contributed by atoms with Gasteiger partial charge >= 0.3 is 5.97 Å². The first-order valence-electron chi connectivity index (χ1n) is 10.1. The summed E-state index contributed by atoms with van der Waals surface area (Å²) in [5.74, 6) is -0.833. The number of fused-ring (bicyclic) bond motifs is 3. The Morgan fingerprint density at radius 2 is 1.88 bits per heavy atom. The van der Waals surface area contributed by atoms with Crippen LogP contribution in [0.3, 0.4) is 0 Å². The van der Waals surface area contributed by atoms with Gasteiger partial charge in [0.1, 0.15) is 11.1 Å². The number of nitrogens with one attached hydrogen (secondary N) is 1. The lowest BCUT2D eigenvalue weighted by molar-refractivity contribution is -0.113. The van der Waals surface area contributed by atoms with Gasteiger partial charge in [0.15, 0.2) is 5.16 Å². The van der Waals surface area contributed by atoms with Gasteiger partial charge in [0.2, 0.25) is 11.5 Å². The molecule has 0 bridgehead atoms. The fourth-order valence-corrected chi connectivity index (χ4v) is 4.19. The Labute approximate surface area is 187 Å². The molecule has 0 fully saturated rings. The normalized spacial score (nSPS) is 11.1. The quantitative estimate of drug-likeness (QED) is 0.257. The molecule has 0 spiro atoms. The van der Waals surface area contributed by atoms with Crippen LogP contribution in [0.15, 0.2) is 62.9 Å². The van der Waals surface area contributed by atoms with E-state index in [9.17, 15) is 14.4 Å². The predicted octanol–water partition coefficient (Wildman–Crippen LogP) is 4.07. The highest BCUT2D eigenvalue weighted by atomic mass is 32.2. The van der Waals surface area contributed by atoms with Crippen LogP contribution < -0.4 is 10.9 Å². The van der Waals surface area contributed by atoms with E-state index in [1.807, 2.05) is 25.1 Å². The number of amides is 1. The van der Waals surface area contributed by atoms with Gasteiger partial charge in [-0.2, -0.15) is 0 Å². The average Bonchev–Trinajstić information content (AvgIpc) is 3.17. The number of furan rings is 1. The summed E-state index contributed by atoms with van der Waals surface area (Å²) in [5, 5.41) is 3.91. The van der Waals surface area contributed by atoms with Crippen molar-refractivity contribution >= 4 is 51.4 Å². The van der Waals surface area contributed by atoms with E-state index in [1.54, 1.807) is 37.3 Å². The zero-order valence-electron chi connectivity index (χ0n) is 17.6. The highest BCUT2D eigenvalue weighted by molar-refractivity contribution is 7.99. The van der Waals surface area contributed by atoms with Crippen LogP contribution in [0.4, 0.5) is 5.69 Å². The van der Waals surface area contributed by atoms with Gasteiger partial charge in [-0.05, 0) is 38.1 Å². The Balaban J connectivity index is 1.58. The Morgan fingerprint density at radius 3 is 2.66 bits per heavy atom. The molecule has 8 nitrogen and oxygen atoms in total. The van der Waals surface area contributed by atoms with Crippen molar-refractivity contribution in [3.05, 3.63) is 64.4 Å². The minimum atomic E-state index is -0.505. The average molecular weight is 452 g/mol. The van der Waals surface area contributed by atoms with E-state index in [1.165, 1.54) is 4.57 Å². The number of rotatable bonds is 7. The fraction of sp³-hybridized carbons (Fsp3) is 0.217. The van der Waals surface area contributed by atoms with E-state index < -0.39 is 5.97 Å². The van der Waals surface area contributed by atoms with Crippen LogP contribution in [0.5, 0.6) is 0 Å². The summed E-state index contributed by atoms with van der Waals surface area (Å²) in [5.41, 5.74) is 1.63. The minimum Gasteiger partial charge on any atom is -0.462 e. The molecule has 4 aromatic rings. The monoisotopic (exact) mass is 451 g/mol. The molecule has 0 aliphatic carbocycles. The minimum absolute atomic E-state index is 0.00485. The summed E-state index contributed by atoms with van der Waals surface area (Å²) in [7, 11) is 0. The first kappa shape index (κ1) is 21.6. The molecule has 1 N–H and O–H groups in total. The van der Waals surface area contributed by atoms with Crippen LogP contribution in [0.2, 0.25) is 0 Å². The fourth-order valence-electron chi connectivity index (χ4n) is 3.34. The molecule has 0 atom stereocenters. The third-order valence-electron chi connectivity index (χ3n) is 4.79. The molecule has 9 heteroatoms. The first-order valence-corrected chi connectivity index (χ1v) is 11.1. The van der Waals surface area contributed by atoms with Crippen molar-refractivity contribution in [3.8, 4) is 0 Å². The number of hydrogen-bond acceptors (Lipinski definition) is 7. The third kappa shape index (κ3) is 4.11. The number of nitrogens with zero attached hydrogens (tertiary/aromatic N) is 2. The van der Waals surface area contributed by atoms with Gasteiger partial charge < -0.3 is 14.5 Å². The van der Waals surface area contributed by atoms with Crippen LogP contribution in [-0.4, -0.2) is 33.8 Å². The van der Waals surface area contributed by atoms with E-state index in [0.29, 0.717) is 28.5 Å². The van der Waals surface area contributed by atoms with Crippen LogP contribution in [-0.2, 0) is 16.1 Å². The molecule has 1 amide bonds. The largest absolute Gasteiger partial charge is 0.462 e. The van der Waals surface area contributed by atoms with Gasteiger partial charge in [-0.1, -0.05) is 36.0 Å². The van der Waals surface area contributed by atoms with E-state index in [2.05, 4.69) is 10.3 Å². The number of thioether (sulfide) groups is 1. The topological polar surface area (TPSA) is 103 Å². The Hall–Kier alpha value is -3.59. The summed E-state index contributed by atoms with van der Waals surface area (Å²) in [6.45, 7) is 4.17. The molecule has 0 aliphatic rings. The SMILES string of the molecule is CCOC(=O)c1ccccc1NC(=O)CSc1nc2c(oc3ccccc32)c(=O)n1CC. The third-order valence-corrected chi connectivity index (χ3v) is 5.77. The second-order valence-electron chi connectivity index (χ2n) is 6.82. The van der Waals surface area contributed by atoms with Gasteiger partial charge in [-0.3, -0.25) is 14.2 Å². The second kappa shape index (κ2) is 9.27. The molecular formula is C23H21N3O5S. The molecular weight excluding hydrogens is 430 g/mol. The van der Waals surface area contributed by atoms with Gasteiger partial charge in [0.25, 0.3) is 5.56 Å². The van der Waals surface area contributed by atoms with Crippen molar-refractivity contribution in [2.45, 2.75) is 25.5 Å². The van der Waals surface area contributed by atoms with Gasteiger partial charge in [0.05, 0.1) is 23.6 Å². The molecule has 2 aromatic carbocycles. The summed E-state index contributed by atoms with van der Waals surface area (Å²) in [4.78, 5) is 42.3. The summed E-state index contributed by atoms with van der Waals surface area (Å²) >= 11 is 1.15. The zero-order valence-corrected chi connectivity index (χ0v) is 18.4. The number of ether oxygens (including phenoxy) is 1. The number of para-hydroxylation sites is 2. The molecule has 0 unspecified atom stereocenters. The lowest BCUT2D eigenvalue weighted by Gasteiger charge is -2.11. The van der Waals surface area contributed by atoms with Crippen molar-refractivity contribution < 1.29 is 18.7 Å². The molecule has 0 saturated carbocycles. The van der Waals surface area contributed by atoms with Crippen LogP contribution in [0.1, 0.15) is 24.2 Å². The smallest absolute Gasteiger partial charge is 0.340 e. The summed E-state index contributed by atoms with van der Waals surface area (Å²) < 4.78 is 12.2. The molecule has 32 heavy (non-hydrogen) atoms. The van der Waals surface area contributed by atoms with Crippen LogP contribution in [0, 0.1) is 0 Å². The van der Waals surface area contributed by atoms with Gasteiger partial charge in [0, 0.05) is 11.9 Å². The lowest BCUT2D eigenvalue weighted by Crippen LogP contribution is -2.23. The van der Waals surface area contributed by atoms with Crippen molar-refractivity contribution in [2.75, 3.05) is 17.7 Å². The first-order chi connectivity index (χ1) is 15.5. The molecule has 2 aromatic heterocycles. The van der Waals surface area contributed by atoms with Gasteiger partial charge in [-0.25, -0.2) is 9.78 Å². The summed E-state index contributed by atoms with van der Waals surface area (Å²) in [6, 6.07) is 14.0. The Bertz CT molecular complexity index is 1380.